The minimum Gasteiger partial charge on any atom is -0.493 e. The maximum absolute atomic E-state index is 14.2. The fourth-order valence-electron chi connectivity index (χ4n) is 6.10. The third kappa shape index (κ3) is 7.97. The minimum atomic E-state index is -0.742. The molecule has 0 saturated heterocycles. The Morgan fingerprint density at radius 3 is 2.42 bits per heavy atom. The van der Waals surface area contributed by atoms with Gasteiger partial charge in [0.15, 0.2) is 5.69 Å². The van der Waals surface area contributed by atoms with Gasteiger partial charge in [-0.2, -0.15) is 0 Å². The SMILES string of the molecule is COC(=O)c1nc(C(=O)NC2CCCC2)ccc1-c1cc2c(cc1C(=O)Nc1ccc(CNC(=O)OC(C)(C)C)cc1)-c1sccc1CCO2. The maximum atomic E-state index is 14.2. The molecule has 6 rings (SSSR count). The first-order valence-corrected chi connectivity index (χ1v) is 17.5. The molecule has 2 aromatic heterocycles. The van der Waals surface area contributed by atoms with Gasteiger partial charge in [-0.3, -0.25) is 9.59 Å². The molecular formula is C38H40N4O7S. The van der Waals surface area contributed by atoms with Gasteiger partial charge in [-0.1, -0.05) is 25.0 Å². The topological polar surface area (TPSA) is 145 Å². The number of nitrogens with zero attached hydrogens (tertiary/aromatic N) is 1. The Labute approximate surface area is 294 Å². The van der Waals surface area contributed by atoms with Crippen molar-refractivity contribution in [2.75, 3.05) is 19.0 Å². The number of fused-ring (bicyclic) bond motifs is 3. The van der Waals surface area contributed by atoms with Crippen LogP contribution in [0.3, 0.4) is 0 Å². The van der Waals surface area contributed by atoms with Gasteiger partial charge in [0.25, 0.3) is 11.8 Å². The molecular weight excluding hydrogens is 657 g/mol. The second-order valence-electron chi connectivity index (χ2n) is 13.3. The summed E-state index contributed by atoms with van der Waals surface area (Å²) in [5.74, 6) is -0.970. The van der Waals surface area contributed by atoms with Crippen molar-refractivity contribution >= 4 is 40.9 Å². The Morgan fingerprint density at radius 2 is 1.70 bits per heavy atom. The average molecular weight is 697 g/mol. The lowest BCUT2D eigenvalue weighted by Crippen LogP contribution is -2.33. The highest BCUT2D eigenvalue weighted by molar-refractivity contribution is 7.13. The summed E-state index contributed by atoms with van der Waals surface area (Å²) in [6, 6.07) is 15.9. The molecule has 3 amide bonds. The molecule has 260 valence electrons. The Kier molecular flexibility index (Phi) is 10.2. The molecule has 4 aromatic rings. The predicted octanol–water partition coefficient (Wildman–Crippen LogP) is 7.15. The Balaban J connectivity index is 1.34. The zero-order valence-corrected chi connectivity index (χ0v) is 29.3. The summed E-state index contributed by atoms with van der Waals surface area (Å²) in [7, 11) is 1.25. The number of amides is 3. The lowest BCUT2D eigenvalue weighted by molar-refractivity contribution is 0.0522. The molecule has 3 N–H and O–H groups in total. The third-order valence-corrected chi connectivity index (χ3v) is 9.51. The molecule has 0 atom stereocenters. The number of methoxy groups -OCH3 is 1. The molecule has 1 aliphatic heterocycles. The number of ether oxygens (including phenoxy) is 3. The van der Waals surface area contributed by atoms with Crippen LogP contribution in [0.1, 0.15) is 88.9 Å². The van der Waals surface area contributed by atoms with E-state index in [-0.39, 0.29) is 35.4 Å². The highest BCUT2D eigenvalue weighted by Crippen LogP contribution is 2.43. The van der Waals surface area contributed by atoms with Crippen LogP contribution >= 0.6 is 11.3 Å². The summed E-state index contributed by atoms with van der Waals surface area (Å²) in [4.78, 5) is 58.0. The van der Waals surface area contributed by atoms with E-state index < -0.39 is 23.6 Å². The smallest absolute Gasteiger partial charge is 0.407 e. The number of aromatic nitrogens is 1. The molecule has 2 aromatic carbocycles. The van der Waals surface area contributed by atoms with Crippen LogP contribution in [0.5, 0.6) is 5.75 Å². The largest absolute Gasteiger partial charge is 0.493 e. The van der Waals surface area contributed by atoms with Crippen molar-refractivity contribution in [3.63, 3.8) is 0 Å². The van der Waals surface area contributed by atoms with Gasteiger partial charge in [-0.05, 0) is 92.6 Å². The van der Waals surface area contributed by atoms with E-state index in [1.54, 1.807) is 80.6 Å². The van der Waals surface area contributed by atoms with Crippen molar-refractivity contribution in [3.05, 3.63) is 88.1 Å². The molecule has 1 aliphatic carbocycles. The number of rotatable bonds is 8. The maximum Gasteiger partial charge on any atom is 0.407 e. The summed E-state index contributed by atoms with van der Waals surface area (Å²) >= 11 is 1.57. The van der Waals surface area contributed by atoms with Gasteiger partial charge in [0.05, 0.1) is 13.7 Å². The van der Waals surface area contributed by atoms with Gasteiger partial charge in [-0.25, -0.2) is 14.6 Å². The lowest BCUT2D eigenvalue weighted by atomic mass is 9.93. The molecule has 0 unspecified atom stereocenters. The highest BCUT2D eigenvalue weighted by Gasteiger charge is 2.28. The summed E-state index contributed by atoms with van der Waals surface area (Å²) in [6.07, 6.45) is 4.10. The summed E-state index contributed by atoms with van der Waals surface area (Å²) in [5, 5.41) is 10.7. The van der Waals surface area contributed by atoms with Gasteiger partial charge >= 0.3 is 12.1 Å². The van der Waals surface area contributed by atoms with Crippen LogP contribution in [0.4, 0.5) is 10.5 Å². The van der Waals surface area contributed by atoms with Crippen molar-refractivity contribution < 1.29 is 33.4 Å². The standard InChI is InChI=1S/C38H40N4O7S/c1-38(2,3)49-37(46)39-21-22-9-11-25(12-10-22)40-34(43)28-19-29-31(48-17-15-23-16-18-50-33(23)29)20-27(28)26-13-14-30(42-32(26)36(45)47-4)35(44)41-24-7-5-6-8-24/h9-14,16,18-20,24H,5-8,15,17,21H2,1-4H3,(H,39,46)(H,40,43)(H,41,44). The molecule has 12 heteroatoms. The van der Waals surface area contributed by atoms with E-state index in [4.69, 9.17) is 14.2 Å². The zero-order chi connectivity index (χ0) is 35.4. The number of pyridine rings is 1. The summed E-state index contributed by atoms with van der Waals surface area (Å²) in [6.45, 7) is 6.08. The van der Waals surface area contributed by atoms with E-state index in [2.05, 4.69) is 27.0 Å². The molecule has 50 heavy (non-hydrogen) atoms. The fourth-order valence-corrected chi connectivity index (χ4v) is 7.08. The van der Waals surface area contributed by atoms with E-state index >= 15 is 0 Å². The molecule has 2 aliphatic rings. The van der Waals surface area contributed by atoms with E-state index in [0.29, 0.717) is 35.6 Å². The van der Waals surface area contributed by atoms with Crippen LogP contribution in [0.25, 0.3) is 21.6 Å². The third-order valence-electron chi connectivity index (χ3n) is 8.52. The van der Waals surface area contributed by atoms with Crippen LogP contribution in [0.2, 0.25) is 0 Å². The summed E-state index contributed by atoms with van der Waals surface area (Å²) < 4.78 is 16.6. The van der Waals surface area contributed by atoms with Crippen molar-refractivity contribution in [2.45, 2.75) is 71.1 Å². The number of esters is 1. The van der Waals surface area contributed by atoms with Gasteiger partial charge < -0.3 is 30.2 Å². The number of hydrogen-bond acceptors (Lipinski definition) is 9. The van der Waals surface area contributed by atoms with Crippen molar-refractivity contribution in [3.8, 4) is 27.3 Å². The number of thiophene rings is 1. The molecule has 1 saturated carbocycles. The minimum absolute atomic E-state index is 0.0695. The first-order valence-electron chi connectivity index (χ1n) is 16.6. The highest BCUT2D eigenvalue weighted by atomic mass is 32.1. The van der Waals surface area contributed by atoms with Crippen LogP contribution in [-0.4, -0.2) is 54.2 Å². The Morgan fingerprint density at radius 1 is 0.940 bits per heavy atom. The lowest BCUT2D eigenvalue weighted by Gasteiger charge is -2.19. The Bertz CT molecular complexity index is 1920. The Hall–Kier alpha value is -5.23. The quantitative estimate of drug-likeness (QED) is 0.165. The number of hydrogen-bond donors (Lipinski definition) is 3. The van der Waals surface area contributed by atoms with Crippen molar-refractivity contribution in [2.24, 2.45) is 0 Å². The average Bonchev–Trinajstić information content (AvgIpc) is 3.75. The van der Waals surface area contributed by atoms with Crippen LogP contribution in [0, 0.1) is 0 Å². The molecule has 0 spiro atoms. The first kappa shape index (κ1) is 34.6. The molecule has 1 fully saturated rings. The van der Waals surface area contributed by atoms with E-state index in [9.17, 15) is 19.2 Å². The second kappa shape index (κ2) is 14.7. The molecule has 11 nitrogen and oxygen atoms in total. The van der Waals surface area contributed by atoms with Crippen LogP contribution in [0.15, 0.2) is 60.0 Å². The molecule has 3 heterocycles. The second-order valence-corrected chi connectivity index (χ2v) is 14.2. The number of nitrogens with one attached hydrogen (secondary N) is 3. The number of alkyl carbamates (subject to hydrolysis) is 1. The molecule has 0 radical (unpaired) electrons. The normalized spacial score (nSPS) is 14.0. The predicted molar refractivity (Wildman–Crippen MR) is 191 cm³/mol. The fraction of sp³-hybridized carbons (Fsp3) is 0.342. The summed E-state index contributed by atoms with van der Waals surface area (Å²) in [5.41, 5.74) is 3.62. The number of carbonyl (C=O) groups is 4. The van der Waals surface area contributed by atoms with Gasteiger partial charge in [0.2, 0.25) is 0 Å². The van der Waals surface area contributed by atoms with E-state index in [1.807, 2.05) is 5.38 Å². The van der Waals surface area contributed by atoms with Crippen molar-refractivity contribution in [1.82, 2.24) is 15.6 Å². The zero-order valence-electron chi connectivity index (χ0n) is 28.5. The van der Waals surface area contributed by atoms with Gasteiger partial charge in [0.1, 0.15) is 17.0 Å². The van der Waals surface area contributed by atoms with E-state index in [1.165, 1.54) is 7.11 Å². The van der Waals surface area contributed by atoms with Crippen LogP contribution < -0.4 is 20.7 Å². The number of anilines is 1. The van der Waals surface area contributed by atoms with Crippen molar-refractivity contribution in [1.29, 1.82) is 0 Å². The van der Waals surface area contributed by atoms with E-state index in [0.717, 1.165) is 47.3 Å². The number of benzene rings is 2. The number of carbonyl (C=O) groups excluding carboxylic acids is 4. The monoisotopic (exact) mass is 696 g/mol. The molecule has 0 bridgehead atoms. The van der Waals surface area contributed by atoms with Gasteiger partial charge in [0, 0.05) is 51.8 Å². The first-order chi connectivity index (χ1) is 24.0. The van der Waals surface area contributed by atoms with Crippen LogP contribution in [-0.2, 0) is 22.4 Å². The van der Waals surface area contributed by atoms with Gasteiger partial charge in [-0.15, -0.1) is 11.3 Å².